The number of carbonyl (C=O) groups is 2. The summed E-state index contributed by atoms with van der Waals surface area (Å²) in [4.78, 5) is 22.1. The third-order valence-electron chi connectivity index (χ3n) is 2.43. The van der Waals surface area contributed by atoms with E-state index in [1.165, 1.54) is 6.08 Å². The van der Waals surface area contributed by atoms with Crippen LogP contribution in [0.15, 0.2) is 24.3 Å². The molecule has 1 rings (SSSR count). The van der Waals surface area contributed by atoms with E-state index < -0.39 is 5.91 Å². The summed E-state index contributed by atoms with van der Waals surface area (Å²) in [5, 5.41) is 9.27. The lowest BCUT2D eigenvalue weighted by Crippen LogP contribution is -2.40. The number of allylic oxidation sites excluding steroid dienone is 1. The van der Waals surface area contributed by atoms with Crippen molar-refractivity contribution in [2.45, 2.75) is 31.8 Å². The van der Waals surface area contributed by atoms with Crippen LogP contribution in [0, 0.1) is 0 Å². The molecule has 0 spiro atoms. The molecule has 1 saturated carbocycles. The van der Waals surface area contributed by atoms with Gasteiger partial charge < -0.3 is 5.11 Å². The maximum atomic E-state index is 11.3. The quantitative estimate of drug-likeness (QED) is 0.462. The highest BCUT2D eigenvalue weighted by molar-refractivity contribution is 5.92. The van der Waals surface area contributed by atoms with Crippen LogP contribution in [0.25, 0.3) is 0 Å². The summed E-state index contributed by atoms with van der Waals surface area (Å²) in [6.45, 7) is 3.26. The van der Waals surface area contributed by atoms with Gasteiger partial charge in [0.05, 0.1) is 6.10 Å². The summed E-state index contributed by atoms with van der Waals surface area (Å²) in [6, 6.07) is 0. The van der Waals surface area contributed by atoms with Gasteiger partial charge >= 0.3 is 0 Å². The van der Waals surface area contributed by atoms with Crippen LogP contribution in [0.2, 0.25) is 0 Å². The maximum Gasteiger partial charge on any atom is 0.262 e. The zero-order valence-electron chi connectivity index (χ0n) is 9.03. The van der Waals surface area contributed by atoms with Crippen molar-refractivity contribution in [2.24, 2.45) is 0 Å². The first-order valence-electron chi connectivity index (χ1n) is 5.21. The van der Waals surface area contributed by atoms with Crippen molar-refractivity contribution >= 4 is 11.8 Å². The SMILES string of the molecule is C=CC(=O)NNC(=O)C=C1CCC(O)CC1. The summed E-state index contributed by atoms with van der Waals surface area (Å²) < 4.78 is 0. The lowest BCUT2D eigenvalue weighted by atomic mass is 9.92. The lowest BCUT2D eigenvalue weighted by molar-refractivity contribution is -0.123. The third-order valence-corrected chi connectivity index (χ3v) is 2.43. The predicted octanol–water partition coefficient (Wildman–Crippen LogP) is 0.181. The van der Waals surface area contributed by atoms with Gasteiger partial charge in [0.1, 0.15) is 0 Å². The Labute approximate surface area is 94.2 Å². The smallest absolute Gasteiger partial charge is 0.262 e. The van der Waals surface area contributed by atoms with Gasteiger partial charge in [-0.25, -0.2) is 0 Å². The minimum Gasteiger partial charge on any atom is -0.393 e. The van der Waals surface area contributed by atoms with Gasteiger partial charge in [0.25, 0.3) is 11.8 Å². The molecule has 1 fully saturated rings. The highest BCUT2D eigenvalue weighted by atomic mass is 16.3. The molecule has 0 unspecified atom stereocenters. The average molecular weight is 224 g/mol. The van der Waals surface area contributed by atoms with Gasteiger partial charge in [-0.05, 0) is 31.8 Å². The van der Waals surface area contributed by atoms with Gasteiger partial charge in [-0.2, -0.15) is 0 Å². The Hall–Kier alpha value is -1.62. The minimum atomic E-state index is -0.453. The zero-order chi connectivity index (χ0) is 12.0. The van der Waals surface area contributed by atoms with Gasteiger partial charge in [-0.1, -0.05) is 12.2 Å². The summed E-state index contributed by atoms with van der Waals surface area (Å²) >= 11 is 0. The molecule has 0 atom stereocenters. The monoisotopic (exact) mass is 224 g/mol. The molecule has 0 aromatic heterocycles. The lowest BCUT2D eigenvalue weighted by Gasteiger charge is -2.18. The second-order valence-electron chi connectivity index (χ2n) is 3.72. The Morgan fingerprint density at radius 2 is 1.81 bits per heavy atom. The van der Waals surface area contributed by atoms with Gasteiger partial charge in [-0.15, -0.1) is 0 Å². The standard InChI is InChI=1S/C11H16N2O3/c1-2-10(15)12-13-11(16)7-8-3-5-9(14)6-4-8/h2,7,9,14H,1,3-6H2,(H,12,15)(H,13,16). The Bertz CT molecular complexity index is 313. The number of nitrogens with one attached hydrogen (secondary N) is 2. The van der Waals surface area contributed by atoms with Crippen molar-refractivity contribution in [2.75, 3.05) is 0 Å². The molecule has 5 nitrogen and oxygen atoms in total. The first kappa shape index (κ1) is 12.4. The number of hydrazine groups is 1. The molecule has 2 amide bonds. The van der Waals surface area contributed by atoms with Crippen LogP contribution in [0.3, 0.4) is 0 Å². The molecule has 0 saturated heterocycles. The van der Waals surface area contributed by atoms with Crippen LogP contribution in [-0.4, -0.2) is 23.0 Å². The molecule has 0 heterocycles. The molecular formula is C11H16N2O3. The second kappa shape index (κ2) is 6.07. The zero-order valence-corrected chi connectivity index (χ0v) is 9.03. The van der Waals surface area contributed by atoms with E-state index in [4.69, 9.17) is 0 Å². The Morgan fingerprint density at radius 1 is 1.25 bits per heavy atom. The number of carbonyl (C=O) groups excluding carboxylic acids is 2. The highest BCUT2D eigenvalue weighted by Crippen LogP contribution is 2.22. The highest BCUT2D eigenvalue weighted by Gasteiger charge is 2.14. The van der Waals surface area contributed by atoms with Gasteiger partial charge in [0.2, 0.25) is 0 Å². The molecular weight excluding hydrogens is 208 g/mol. The molecule has 0 aromatic carbocycles. The average Bonchev–Trinajstić information content (AvgIpc) is 2.29. The number of hydrogen-bond donors (Lipinski definition) is 3. The van der Waals surface area contributed by atoms with Crippen LogP contribution >= 0.6 is 0 Å². The van der Waals surface area contributed by atoms with Crippen LogP contribution in [-0.2, 0) is 9.59 Å². The predicted molar refractivity (Wildman–Crippen MR) is 59.0 cm³/mol. The van der Waals surface area contributed by atoms with E-state index in [9.17, 15) is 14.7 Å². The van der Waals surface area contributed by atoms with Crippen molar-refractivity contribution < 1.29 is 14.7 Å². The van der Waals surface area contributed by atoms with E-state index in [1.807, 2.05) is 0 Å². The van der Waals surface area contributed by atoms with Crippen molar-refractivity contribution in [1.82, 2.24) is 10.9 Å². The molecule has 1 aliphatic rings. The van der Waals surface area contributed by atoms with Gasteiger partial charge in [0, 0.05) is 6.08 Å². The van der Waals surface area contributed by atoms with E-state index in [1.54, 1.807) is 0 Å². The van der Waals surface area contributed by atoms with Crippen molar-refractivity contribution in [3.05, 3.63) is 24.3 Å². The van der Waals surface area contributed by atoms with Crippen LogP contribution in [0.1, 0.15) is 25.7 Å². The largest absolute Gasteiger partial charge is 0.393 e. The van der Waals surface area contributed by atoms with E-state index in [0.717, 1.165) is 24.5 Å². The Balaban J connectivity index is 2.35. The van der Waals surface area contributed by atoms with E-state index in [0.29, 0.717) is 12.8 Å². The normalized spacial score (nSPS) is 19.8. The molecule has 88 valence electrons. The van der Waals surface area contributed by atoms with Crippen LogP contribution < -0.4 is 10.9 Å². The first-order chi connectivity index (χ1) is 7.61. The number of rotatable bonds is 2. The summed E-state index contributed by atoms with van der Waals surface area (Å²) in [7, 11) is 0. The maximum absolute atomic E-state index is 11.3. The summed E-state index contributed by atoms with van der Waals surface area (Å²) in [6.07, 6.45) is 5.13. The second-order valence-corrected chi connectivity index (χ2v) is 3.72. The van der Waals surface area contributed by atoms with Gasteiger partial charge in [0.15, 0.2) is 0 Å². The number of hydrogen-bond acceptors (Lipinski definition) is 3. The number of aliphatic hydroxyl groups is 1. The fourth-order valence-corrected chi connectivity index (χ4v) is 1.51. The van der Waals surface area contributed by atoms with E-state index in [-0.39, 0.29) is 12.0 Å². The topological polar surface area (TPSA) is 78.4 Å². The van der Waals surface area contributed by atoms with Crippen LogP contribution in [0.5, 0.6) is 0 Å². The molecule has 1 aliphatic carbocycles. The Kier molecular flexibility index (Phi) is 4.72. The fraction of sp³-hybridized carbons (Fsp3) is 0.455. The molecule has 0 aromatic rings. The third kappa shape index (κ3) is 4.27. The fourth-order valence-electron chi connectivity index (χ4n) is 1.51. The molecule has 0 radical (unpaired) electrons. The summed E-state index contributed by atoms with van der Waals surface area (Å²) in [5.41, 5.74) is 5.42. The minimum absolute atomic E-state index is 0.249. The molecule has 16 heavy (non-hydrogen) atoms. The van der Waals surface area contributed by atoms with Gasteiger partial charge in [-0.3, -0.25) is 20.4 Å². The van der Waals surface area contributed by atoms with Crippen LogP contribution in [0.4, 0.5) is 0 Å². The summed E-state index contributed by atoms with van der Waals surface area (Å²) in [5.74, 6) is -0.813. The Morgan fingerprint density at radius 3 is 2.38 bits per heavy atom. The van der Waals surface area contributed by atoms with E-state index in [2.05, 4.69) is 17.4 Å². The molecule has 0 bridgehead atoms. The van der Waals surface area contributed by atoms with Crippen molar-refractivity contribution in [3.8, 4) is 0 Å². The van der Waals surface area contributed by atoms with E-state index >= 15 is 0 Å². The van der Waals surface area contributed by atoms with Crippen molar-refractivity contribution in [1.29, 1.82) is 0 Å². The molecule has 3 N–H and O–H groups in total. The molecule has 5 heteroatoms. The number of aliphatic hydroxyl groups excluding tert-OH is 1. The van der Waals surface area contributed by atoms with Crippen molar-refractivity contribution in [3.63, 3.8) is 0 Å². The molecule has 0 aliphatic heterocycles. The number of amides is 2. The first-order valence-corrected chi connectivity index (χ1v) is 5.21.